The Morgan fingerprint density at radius 2 is 1.63 bits per heavy atom. The fraction of sp³-hybridized carbons (Fsp3) is 0.579. The zero-order valence-corrected chi connectivity index (χ0v) is 31.3. The van der Waals surface area contributed by atoms with Crippen molar-refractivity contribution in [3.8, 4) is 0 Å². The first-order valence-corrected chi connectivity index (χ1v) is 17.8. The first-order chi connectivity index (χ1) is 23.9. The summed E-state index contributed by atoms with van der Waals surface area (Å²) in [7, 11) is 0. The van der Waals surface area contributed by atoms with Gasteiger partial charge in [-0.1, -0.05) is 70.5 Å². The van der Waals surface area contributed by atoms with E-state index in [9.17, 15) is 29.4 Å². The van der Waals surface area contributed by atoms with Crippen molar-refractivity contribution in [2.24, 2.45) is 17.6 Å². The number of nitrogens with one attached hydrogen (secondary N) is 3. The predicted octanol–water partition coefficient (Wildman–Crippen LogP) is 3.72. The summed E-state index contributed by atoms with van der Waals surface area (Å²) in [4.78, 5) is 56.8. The lowest BCUT2D eigenvalue weighted by molar-refractivity contribution is -0.129. The highest BCUT2D eigenvalue weighted by Crippen LogP contribution is 2.34. The number of amides is 4. The van der Waals surface area contributed by atoms with Gasteiger partial charge in [-0.3, -0.25) is 19.3 Å². The van der Waals surface area contributed by atoms with E-state index in [1.807, 2.05) is 75.1 Å². The molecule has 0 radical (unpaired) electrons. The number of fused-ring (bicyclic) bond motifs is 1. The number of carbonyl (C=O) groups is 4. The molecule has 6 atom stereocenters. The molecule has 4 amide bonds. The Labute approximate surface area is 301 Å². The molecule has 0 fully saturated rings. The quantitative estimate of drug-likeness (QED) is 0.151. The smallest absolute Gasteiger partial charge is 0.408 e. The Kier molecular flexibility index (Phi) is 14.8. The first-order valence-electron chi connectivity index (χ1n) is 17.8. The second kappa shape index (κ2) is 18.3. The van der Waals surface area contributed by atoms with Crippen molar-refractivity contribution in [2.45, 2.75) is 117 Å². The molecule has 282 valence electrons. The maximum absolute atomic E-state index is 14.2. The highest BCUT2D eigenvalue weighted by molar-refractivity contribution is 5.96. The summed E-state index contributed by atoms with van der Waals surface area (Å²) in [6, 6.07) is 10.4. The molecular weight excluding hydrogens is 652 g/mol. The van der Waals surface area contributed by atoms with Gasteiger partial charge in [0.15, 0.2) is 0 Å². The highest BCUT2D eigenvalue weighted by Gasteiger charge is 2.35. The van der Waals surface area contributed by atoms with Crippen LogP contribution >= 0.6 is 0 Å². The summed E-state index contributed by atoms with van der Waals surface area (Å²) < 4.78 is 5.52. The summed E-state index contributed by atoms with van der Waals surface area (Å²) in [5.74, 6) is -1.30. The standard InChI is InChI=1S/C38H58N6O7/c1-9-24(4)31(21-45)40-34(47)19-33(46)29(17-23(2)3)41-35(48)30(42-37(50)51-38(6,7)8)18-27-20-43(36(49)25(5)39)22-44(27)32-16-12-14-26-13-10-11-15-28(26)32/h10-16,20,23-25,29-31,33,45-46H,9,17-19,21-22,39H2,1-8H3,(H,40,47)(H,41,48)(H,42,50)/t24-,25-,29-,30-,31+,33-/m0/s1. The van der Waals surface area contributed by atoms with E-state index in [2.05, 4.69) is 16.0 Å². The number of hydrogen-bond donors (Lipinski definition) is 6. The lowest BCUT2D eigenvalue weighted by atomic mass is 9.95. The van der Waals surface area contributed by atoms with Gasteiger partial charge in [0, 0.05) is 23.7 Å². The molecule has 1 heterocycles. The SMILES string of the molecule is CC[C@H](C)[C@@H](CO)NC(=O)C[C@H](O)[C@H](CC(C)C)NC(=O)[C@H](CC1=CN(C(=O)[C@H](C)N)CN1c1cccc2ccccc12)NC(=O)OC(C)(C)C. The number of nitrogens with two attached hydrogens (primary N) is 1. The van der Waals surface area contributed by atoms with E-state index in [1.165, 1.54) is 4.90 Å². The van der Waals surface area contributed by atoms with Gasteiger partial charge in [0.05, 0.1) is 42.9 Å². The van der Waals surface area contributed by atoms with Crippen molar-refractivity contribution in [3.63, 3.8) is 0 Å². The number of hydrogen-bond acceptors (Lipinski definition) is 9. The number of ether oxygens (including phenoxy) is 1. The van der Waals surface area contributed by atoms with Crippen molar-refractivity contribution in [3.05, 3.63) is 54.4 Å². The number of anilines is 1. The molecule has 0 saturated heterocycles. The van der Waals surface area contributed by atoms with Gasteiger partial charge in [0.25, 0.3) is 0 Å². The van der Waals surface area contributed by atoms with E-state index in [0.29, 0.717) is 12.1 Å². The van der Waals surface area contributed by atoms with Crippen LogP contribution in [0.25, 0.3) is 10.8 Å². The second-order valence-electron chi connectivity index (χ2n) is 14.9. The minimum Gasteiger partial charge on any atom is -0.444 e. The van der Waals surface area contributed by atoms with Crippen LogP contribution in [0.3, 0.4) is 0 Å². The largest absolute Gasteiger partial charge is 0.444 e. The van der Waals surface area contributed by atoms with Crippen LogP contribution in [0, 0.1) is 11.8 Å². The molecule has 1 aliphatic heterocycles. The Morgan fingerprint density at radius 3 is 2.24 bits per heavy atom. The third-order valence-corrected chi connectivity index (χ3v) is 8.88. The third-order valence-electron chi connectivity index (χ3n) is 8.88. The van der Waals surface area contributed by atoms with E-state index in [0.717, 1.165) is 22.9 Å². The molecule has 0 aliphatic carbocycles. The van der Waals surface area contributed by atoms with Gasteiger partial charge in [-0.25, -0.2) is 4.79 Å². The Bertz CT molecular complexity index is 1530. The van der Waals surface area contributed by atoms with Gasteiger partial charge in [0.2, 0.25) is 17.7 Å². The van der Waals surface area contributed by atoms with E-state index in [1.54, 1.807) is 33.9 Å². The number of carbonyl (C=O) groups excluding carboxylic acids is 4. The molecule has 13 heteroatoms. The van der Waals surface area contributed by atoms with E-state index < -0.39 is 53.8 Å². The van der Waals surface area contributed by atoms with E-state index in [-0.39, 0.29) is 43.9 Å². The molecule has 51 heavy (non-hydrogen) atoms. The molecule has 0 unspecified atom stereocenters. The predicted molar refractivity (Wildman–Crippen MR) is 198 cm³/mol. The zero-order valence-electron chi connectivity index (χ0n) is 31.3. The minimum atomic E-state index is -1.26. The number of benzene rings is 2. The summed E-state index contributed by atoms with van der Waals surface area (Å²) in [6.07, 6.45) is 0.309. The van der Waals surface area contributed by atoms with E-state index in [4.69, 9.17) is 10.5 Å². The van der Waals surface area contributed by atoms with Crippen LogP contribution in [0.15, 0.2) is 54.4 Å². The van der Waals surface area contributed by atoms with Crippen molar-refractivity contribution < 1.29 is 34.1 Å². The number of aliphatic hydroxyl groups is 2. The fourth-order valence-electron chi connectivity index (χ4n) is 5.99. The van der Waals surface area contributed by atoms with Gasteiger partial charge >= 0.3 is 6.09 Å². The Morgan fingerprint density at radius 1 is 0.961 bits per heavy atom. The van der Waals surface area contributed by atoms with Crippen LogP contribution in [0.5, 0.6) is 0 Å². The zero-order chi connectivity index (χ0) is 38.0. The molecule has 13 nitrogen and oxygen atoms in total. The molecule has 3 rings (SSSR count). The number of aliphatic hydroxyl groups excluding tert-OH is 2. The second-order valence-corrected chi connectivity index (χ2v) is 14.9. The van der Waals surface area contributed by atoms with Gasteiger partial charge in [-0.05, 0) is 57.4 Å². The normalized spacial score (nSPS) is 16.9. The van der Waals surface area contributed by atoms with Crippen molar-refractivity contribution in [1.29, 1.82) is 0 Å². The first kappa shape index (κ1) is 41.2. The molecule has 2 aromatic carbocycles. The molecule has 0 spiro atoms. The van der Waals surface area contributed by atoms with Crippen molar-refractivity contribution in [2.75, 3.05) is 18.2 Å². The van der Waals surface area contributed by atoms with Crippen molar-refractivity contribution in [1.82, 2.24) is 20.9 Å². The molecule has 0 bridgehead atoms. The molecular formula is C38H58N6O7. The van der Waals surface area contributed by atoms with Crippen LogP contribution in [0.2, 0.25) is 0 Å². The molecule has 2 aromatic rings. The van der Waals surface area contributed by atoms with Gasteiger partial charge in [0.1, 0.15) is 18.3 Å². The fourth-order valence-corrected chi connectivity index (χ4v) is 5.99. The summed E-state index contributed by atoms with van der Waals surface area (Å²) in [5.41, 5.74) is 6.50. The maximum atomic E-state index is 14.2. The number of nitrogens with zero attached hydrogens (tertiary/aromatic N) is 2. The lowest BCUT2D eigenvalue weighted by Crippen LogP contribution is -2.54. The lowest BCUT2D eigenvalue weighted by Gasteiger charge is -2.31. The highest BCUT2D eigenvalue weighted by atomic mass is 16.6. The Balaban J connectivity index is 1.96. The van der Waals surface area contributed by atoms with Crippen molar-refractivity contribution >= 4 is 40.3 Å². The van der Waals surface area contributed by atoms with Gasteiger partial charge in [-0.2, -0.15) is 0 Å². The molecule has 7 N–H and O–H groups in total. The van der Waals surface area contributed by atoms with Crippen LogP contribution in [0.1, 0.15) is 81.1 Å². The topological polar surface area (TPSA) is 187 Å². The molecule has 1 aliphatic rings. The van der Waals surface area contributed by atoms with Gasteiger partial charge < -0.3 is 41.5 Å². The average Bonchev–Trinajstić information content (AvgIpc) is 3.47. The molecule has 0 saturated carbocycles. The minimum absolute atomic E-state index is 0.0274. The van der Waals surface area contributed by atoms with Crippen LogP contribution in [-0.2, 0) is 19.1 Å². The van der Waals surface area contributed by atoms with Gasteiger partial charge in [-0.15, -0.1) is 0 Å². The van der Waals surface area contributed by atoms with Crippen LogP contribution in [0.4, 0.5) is 10.5 Å². The van der Waals surface area contributed by atoms with Crippen LogP contribution in [-0.4, -0.2) is 88.1 Å². The number of alkyl carbamates (subject to hydrolysis) is 1. The summed E-state index contributed by atoms with van der Waals surface area (Å²) in [5, 5.41) is 31.4. The monoisotopic (exact) mass is 710 g/mol. The van der Waals surface area contributed by atoms with Crippen LogP contribution < -0.4 is 26.6 Å². The number of rotatable bonds is 16. The third kappa shape index (κ3) is 11.9. The Hall–Kier alpha value is -4.20. The van der Waals surface area contributed by atoms with E-state index >= 15 is 0 Å². The maximum Gasteiger partial charge on any atom is 0.408 e. The average molecular weight is 711 g/mol. The summed E-state index contributed by atoms with van der Waals surface area (Å²) >= 11 is 0. The summed E-state index contributed by atoms with van der Waals surface area (Å²) in [6.45, 7) is 14.4. The molecule has 0 aromatic heterocycles.